The van der Waals surface area contributed by atoms with Crippen LogP contribution in [0.3, 0.4) is 0 Å². The lowest BCUT2D eigenvalue weighted by Gasteiger charge is -2.17. The molecule has 0 saturated heterocycles. The number of aryl methyl sites for hydroxylation is 1. The molecule has 0 heterocycles. The van der Waals surface area contributed by atoms with Crippen molar-refractivity contribution in [3.05, 3.63) is 47.2 Å². The van der Waals surface area contributed by atoms with Crippen LogP contribution in [0, 0.1) is 0 Å². The van der Waals surface area contributed by atoms with Crippen molar-refractivity contribution in [1.29, 1.82) is 0 Å². The third-order valence-electron chi connectivity index (χ3n) is 2.70. The Hall–Kier alpha value is -1.57. The number of hydrogen-bond acceptors (Lipinski definition) is 2. The lowest BCUT2D eigenvalue weighted by atomic mass is 9.87. The van der Waals surface area contributed by atoms with E-state index in [4.69, 9.17) is 4.74 Å². The number of hydrogen-bond donors (Lipinski definition) is 0. The molecule has 0 N–H and O–H groups in total. The standard InChI is InChI=1S/C14H16O2/c1-10(2)16-9-12-8-7-11-5-3-4-6-13(11)14(12)15/h3-6,9-10H,7-8H2,1-2H3/b12-9-. The summed E-state index contributed by atoms with van der Waals surface area (Å²) in [5, 5.41) is 0. The Kier molecular flexibility index (Phi) is 3.09. The van der Waals surface area contributed by atoms with Crippen molar-refractivity contribution in [2.24, 2.45) is 0 Å². The summed E-state index contributed by atoms with van der Waals surface area (Å²) in [5.74, 6) is 0.113. The van der Waals surface area contributed by atoms with Crippen molar-refractivity contribution < 1.29 is 9.53 Å². The smallest absolute Gasteiger partial charge is 0.192 e. The van der Waals surface area contributed by atoms with E-state index in [0.29, 0.717) is 0 Å². The third-order valence-corrected chi connectivity index (χ3v) is 2.70. The second-order valence-corrected chi connectivity index (χ2v) is 4.31. The number of carbonyl (C=O) groups excluding carboxylic acids is 1. The van der Waals surface area contributed by atoms with E-state index in [0.717, 1.165) is 29.5 Å². The van der Waals surface area contributed by atoms with Crippen LogP contribution in [0.1, 0.15) is 36.2 Å². The number of fused-ring (bicyclic) bond motifs is 1. The predicted molar refractivity (Wildman–Crippen MR) is 63.4 cm³/mol. The Balaban J connectivity index is 2.24. The van der Waals surface area contributed by atoms with Crippen molar-refractivity contribution >= 4 is 5.78 Å². The lowest BCUT2D eigenvalue weighted by molar-refractivity contribution is 0.101. The summed E-state index contributed by atoms with van der Waals surface area (Å²) < 4.78 is 5.38. The maximum atomic E-state index is 12.1. The maximum absolute atomic E-state index is 12.1. The Morgan fingerprint density at radius 1 is 1.25 bits per heavy atom. The molecule has 2 heteroatoms. The van der Waals surface area contributed by atoms with Crippen LogP contribution in [-0.4, -0.2) is 11.9 Å². The topological polar surface area (TPSA) is 26.3 Å². The average molecular weight is 216 g/mol. The van der Waals surface area contributed by atoms with Gasteiger partial charge in [-0.25, -0.2) is 0 Å². The number of carbonyl (C=O) groups is 1. The number of benzene rings is 1. The van der Waals surface area contributed by atoms with Gasteiger partial charge in [-0.05, 0) is 32.3 Å². The van der Waals surface area contributed by atoms with E-state index in [1.54, 1.807) is 6.26 Å². The van der Waals surface area contributed by atoms with Crippen LogP contribution in [0.4, 0.5) is 0 Å². The molecule has 0 radical (unpaired) electrons. The monoisotopic (exact) mass is 216 g/mol. The van der Waals surface area contributed by atoms with E-state index in [-0.39, 0.29) is 11.9 Å². The van der Waals surface area contributed by atoms with E-state index < -0.39 is 0 Å². The first-order valence-electron chi connectivity index (χ1n) is 5.65. The molecule has 0 aromatic heterocycles. The van der Waals surface area contributed by atoms with Crippen molar-refractivity contribution in [3.63, 3.8) is 0 Å². The highest BCUT2D eigenvalue weighted by Crippen LogP contribution is 2.24. The quantitative estimate of drug-likeness (QED) is 0.561. The molecule has 0 bridgehead atoms. The fraction of sp³-hybridized carbons (Fsp3) is 0.357. The fourth-order valence-corrected chi connectivity index (χ4v) is 1.85. The minimum Gasteiger partial charge on any atom is -0.498 e. The number of rotatable bonds is 2. The molecule has 0 unspecified atom stereocenters. The van der Waals surface area contributed by atoms with Crippen LogP contribution >= 0.6 is 0 Å². The molecule has 0 spiro atoms. The van der Waals surface area contributed by atoms with Gasteiger partial charge >= 0.3 is 0 Å². The van der Waals surface area contributed by atoms with Crippen molar-refractivity contribution in [2.45, 2.75) is 32.8 Å². The molecule has 84 valence electrons. The van der Waals surface area contributed by atoms with E-state index in [1.165, 1.54) is 0 Å². The summed E-state index contributed by atoms with van der Waals surface area (Å²) >= 11 is 0. The second kappa shape index (κ2) is 4.52. The van der Waals surface area contributed by atoms with Crippen LogP contribution in [0.5, 0.6) is 0 Å². The molecule has 1 aromatic carbocycles. The molecular formula is C14H16O2. The molecule has 0 amide bonds. The Labute approximate surface area is 95.9 Å². The van der Waals surface area contributed by atoms with E-state index >= 15 is 0 Å². The molecule has 2 rings (SSSR count). The van der Waals surface area contributed by atoms with Crippen LogP contribution in [0.25, 0.3) is 0 Å². The number of allylic oxidation sites excluding steroid dienone is 1. The molecule has 16 heavy (non-hydrogen) atoms. The molecule has 0 aliphatic heterocycles. The number of Topliss-reactive ketones (excluding diaryl/α,β-unsaturated/α-hetero) is 1. The summed E-state index contributed by atoms with van der Waals surface area (Å²) in [5.41, 5.74) is 2.76. The zero-order valence-electron chi connectivity index (χ0n) is 9.69. The van der Waals surface area contributed by atoms with Crippen molar-refractivity contribution in [2.75, 3.05) is 0 Å². The highest BCUT2D eigenvalue weighted by Gasteiger charge is 2.21. The minimum atomic E-state index is 0.113. The zero-order chi connectivity index (χ0) is 11.5. The van der Waals surface area contributed by atoms with Crippen LogP contribution in [0.15, 0.2) is 36.1 Å². The molecule has 1 aliphatic carbocycles. The SMILES string of the molecule is CC(C)O/C=C1/CCc2ccccc2C1=O. The number of ether oxygens (including phenoxy) is 1. The Bertz CT molecular complexity index is 430. The second-order valence-electron chi connectivity index (χ2n) is 4.31. The summed E-state index contributed by atoms with van der Waals surface area (Å²) in [6, 6.07) is 7.79. The normalized spacial score (nSPS) is 17.7. The van der Waals surface area contributed by atoms with Gasteiger partial charge in [0.15, 0.2) is 5.78 Å². The molecule has 0 saturated carbocycles. The maximum Gasteiger partial charge on any atom is 0.192 e. The first-order valence-corrected chi connectivity index (χ1v) is 5.65. The van der Waals surface area contributed by atoms with Crippen LogP contribution in [-0.2, 0) is 11.2 Å². The van der Waals surface area contributed by atoms with Gasteiger partial charge in [-0.15, -0.1) is 0 Å². The highest BCUT2D eigenvalue weighted by atomic mass is 16.5. The van der Waals surface area contributed by atoms with Gasteiger partial charge in [-0.1, -0.05) is 24.3 Å². The fourth-order valence-electron chi connectivity index (χ4n) is 1.85. The van der Waals surface area contributed by atoms with Crippen molar-refractivity contribution in [3.8, 4) is 0 Å². The van der Waals surface area contributed by atoms with E-state index in [1.807, 2.05) is 38.1 Å². The first kappa shape index (κ1) is 10.9. The summed E-state index contributed by atoms with van der Waals surface area (Å²) in [6.45, 7) is 3.91. The largest absolute Gasteiger partial charge is 0.498 e. The van der Waals surface area contributed by atoms with Crippen molar-refractivity contribution in [1.82, 2.24) is 0 Å². The van der Waals surface area contributed by atoms with Gasteiger partial charge in [0.25, 0.3) is 0 Å². The molecule has 0 fully saturated rings. The third kappa shape index (κ3) is 2.16. The van der Waals surface area contributed by atoms with Gasteiger partial charge in [-0.2, -0.15) is 0 Å². The van der Waals surface area contributed by atoms with E-state index in [9.17, 15) is 4.79 Å². The molecule has 2 nitrogen and oxygen atoms in total. The number of ketones is 1. The summed E-state index contributed by atoms with van der Waals surface area (Å²) in [6.07, 6.45) is 3.46. The van der Waals surface area contributed by atoms with Gasteiger partial charge in [0.05, 0.1) is 12.4 Å². The van der Waals surface area contributed by atoms with Gasteiger partial charge in [0.2, 0.25) is 0 Å². The van der Waals surface area contributed by atoms with Crippen LogP contribution in [0.2, 0.25) is 0 Å². The molecular weight excluding hydrogens is 200 g/mol. The van der Waals surface area contributed by atoms with Gasteiger partial charge in [0.1, 0.15) is 0 Å². The summed E-state index contributed by atoms with van der Waals surface area (Å²) in [4.78, 5) is 12.1. The molecule has 1 aromatic rings. The summed E-state index contributed by atoms with van der Waals surface area (Å²) in [7, 11) is 0. The van der Waals surface area contributed by atoms with E-state index in [2.05, 4.69) is 0 Å². The lowest BCUT2D eigenvalue weighted by Crippen LogP contribution is -2.14. The van der Waals surface area contributed by atoms with Gasteiger partial charge in [0, 0.05) is 11.1 Å². The average Bonchev–Trinajstić information content (AvgIpc) is 2.28. The highest BCUT2D eigenvalue weighted by molar-refractivity contribution is 6.10. The van der Waals surface area contributed by atoms with Crippen LogP contribution < -0.4 is 0 Å². The predicted octanol–water partition coefficient (Wildman–Crippen LogP) is 3.12. The Morgan fingerprint density at radius 2 is 2.00 bits per heavy atom. The zero-order valence-corrected chi connectivity index (χ0v) is 9.69. The molecule has 0 atom stereocenters. The molecule has 1 aliphatic rings. The van der Waals surface area contributed by atoms with Gasteiger partial charge < -0.3 is 4.74 Å². The Morgan fingerprint density at radius 3 is 2.75 bits per heavy atom. The first-order chi connectivity index (χ1) is 7.68. The van der Waals surface area contributed by atoms with Gasteiger partial charge in [-0.3, -0.25) is 4.79 Å². The minimum absolute atomic E-state index is 0.113.